The molecule has 0 aliphatic rings. The Labute approximate surface area is 103 Å². The van der Waals surface area contributed by atoms with Crippen LogP contribution in [0.5, 0.6) is 5.75 Å². The zero-order valence-corrected chi connectivity index (χ0v) is 11.0. The number of aliphatic hydroxyl groups is 1. The van der Waals surface area contributed by atoms with Crippen LogP contribution in [0.25, 0.3) is 0 Å². The summed E-state index contributed by atoms with van der Waals surface area (Å²) in [6.45, 7) is 3.18. The maximum atomic E-state index is 13.1. The lowest BCUT2D eigenvalue weighted by atomic mass is 10.1. The highest BCUT2D eigenvalue weighted by atomic mass is 31.1. The molecule has 0 spiro atoms. The molecule has 0 saturated heterocycles. The van der Waals surface area contributed by atoms with E-state index < -0.39 is 0 Å². The standard InChI is InChI=1S/C12H19FNO2P/c1-17-14-6-2-3-10-4-5-11(13)9-12(10)16-8-7-15/h4-5,9,14-15,17H,2-3,6-8H2,1H3. The van der Waals surface area contributed by atoms with Crippen LogP contribution in [0, 0.1) is 5.82 Å². The Kier molecular flexibility index (Phi) is 7.10. The van der Waals surface area contributed by atoms with Gasteiger partial charge in [0.2, 0.25) is 0 Å². The van der Waals surface area contributed by atoms with Crippen molar-refractivity contribution in [2.75, 3.05) is 26.4 Å². The first-order chi connectivity index (χ1) is 8.27. The molecule has 1 rings (SSSR count). The van der Waals surface area contributed by atoms with Crippen molar-refractivity contribution < 1.29 is 14.2 Å². The van der Waals surface area contributed by atoms with Crippen LogP contribution in [0.2, 0.25) is 0 Å². The summed E-state index contributed by atoms with van der Waals surface area (Å²) in [5, 5.41) is 12.0. The summed E-state index contributed by atoms with van der Waals surface area (Å²) in [6.07, 6.45) is 1.83. The average molecular weight is 259 g/mol. The predicted molar refractivity (Wildman–Crippen MR) is 69.5 cm³/mol. The SMILES string of the molecule is CPNCCCc1ccc(F)cc1OCCO. The van der Waals surface area contributed by atoms with Gasteiger partial charge in [-0.25, -0.2) is 4.39 Å². The van der Waals surface area contributed by atoms with Gasteiger partial charge in [-0.05, 0) is 37.7 Å². The molecule has 3 nitrogen and oxygen atoms in total. The van der Waals surface area contributed by atoms with E-state index >= 15 is 0 Å². The number of nitrogens with one attached hydrogen (secondary N) is 1. The molecule has 0 fully saturated rings. The molecule has 1 aromatic rings. The lowest BCUT2D eigenvalue weighted by Crippen LogP contribution is -2.07. The molecule has 0 amide bonds. The van der Waals surface area contributed by atoms with Crippen LogP contribution in [0.15, 0.2) is 18.2 Å². The minimum atomic E-state index is -0.310. The van der Waals surface area contributed by atoms with Gasteiger partial charge in [-0.2, -0.15) is 0 Å². The van der Waals surface area contributed by atoms with Crippen LogP contribution in [0.1, 0.15) is 12.0 Å². The fraction of sp³-hybridized carbons (Fsp3) is 0.500. The van der Waals surface area contributed by atoms with Crippen molar-refractivity contribution >= 4 is 8.73 Å². The van der Waals surface area contributed by atoms with E-state index in [1.54, 1.807) is 6.07 Å². The molecule has 17 heavy (non-hydrogen) atoms. The van der Waals surface area contributed by atoms with E-state index in [9.17, 15) is 4.39 Å². The molecule has 0 heterocycles. The van der Waals surface area contributed by atoms with Crippen LogP contribution >= 0.6 is 8.73 Å². The van der Waals surface area contributed by atoms with Crippen molar-refractivity contribution in [3.05, 3.63) is 29.6 Å². The first kappa shape index (κ1) is 14.4. The van der Waals surface area contributed by atoms with Crippen molar-refractivity contribution in [3.8, 4) is 5.75 Å². The average Bonchev–Trinajstić information content (AvgIpc) is 2.34. The Balaban J connectivity index is 2.55. The minimum absolute atomic E-state index is 0.0610. The third kappa shape index (κ3) is 5.44. The van der Waals surface area contributed by atoms with Gasteiger partial charge in [0, 0.05) is 6.07 Å². The Morgan fingerprint density at radius 1 is 1.47 bits per heavy atom. The molecular weight excluding hydrogens is 240 g/mol. The molecule has 1 unspecified atom stereocenters. The van der Waals surface area contributed by atoms with Crippen LogP contribution < -0.4 is 9.82 Å². The number of halogens is 1. The maximum absolute atomic E-state index is 13.1. The lowest BCUT2D eigenvalue weighted by molar-refractivity contribution is 0.200. The first-order valence-corrected chi connectivity index (χ1v) is 7.19. The van der Waals surface area contributed by atoms with Gasteiger partial charge >= 0.3 is 0 Å². The zero-order valence-electron chi connectivity index (χ0n) is 10.0. The molecule has 5 heteroatoms. The molecule has 0 aromatic heterocycles. The highest BCUT2D eigenvalue weighted by Crippen LogP contribution is 2.21. The molecule has 0 aliphatic carbocycles. The largest absolute Gasteiger partial charge is 0.491 e. The smallest absolute Gasteiger partial charge is 0.126 e. The van der Waals surface area contributed by atoms with Crippen LogP contribution in [0.3, 0.4) is 0 Å². The maximum Gasteiger partial charge on any atom is 0.126 e. The fourth-order valence-corrected chi connectivity index (χ4v) is 1.94. The summed E-state index contributed by atoms with van der Waals surface area (Å²) in [4.78, 5) is 0. The van der Waals surface area contributed by atoms with Gasteiger partial charge in [0.05, 0.1) is 6.61 Å². The Morgan fingerprint density at radius 2 is 2.29 bits per heavy atom. The summed E-state index contributed by atoms with van der Waals surface area (Å²) in [5.41, 5.74) is 0.987. The van der Waals surface area contributed by atoms with Gasteiger partial charge in [0.15, 0.2) is 0 Å². The van der Waals surface area contributed by atoms with E-state index in [0.717, 1.165) is 33.7 Å². The summed E-state index contributed by atoms with van der Waals surface area (Å²) in [6, 6.07) is 4.56. The van der Waals surface area contributed by atoms with Gasteiger partial charge < -0.3 is 9.84 Å². The van der Waals surface area contributed by atoms with E-state index in [2.05, 4.69) is 11.8 Å². The Morgan fingerprint density at radius 3 is 3.00 bits per heavy atom. The highest BCUT2D eigenvalue weighted by Gasteiger charge is 2.05. The highest BCUT2D eigenvalue weighted by molar-refractivity contribution is 7.34. The number of hydrogen-bond acceptors (Lipinski definition) is 3. The number of hydrogen-bond donors (Lipinski definition) is 2. The fourth-order valence-electron chi connectivity index (χ4n) is 1.52. The summed E-state index contributed by atoms with van der Waals surface area (Å²) in [5.74, 6) is 0.229. The number of aliphatic hydroxyl groups excluding tert-OH is 1. The number of benzene rings is 1. The predicted octanol–water partition coefficient (Wildman–Crippen LogP) is 1.94. The molecule has 0 aliphatic heterocycles. The third-order valence-electron chi connectivity index (χ3n) is 2.30. The van der Waals surface area contributed by atoms with Gasteiger partial charge in [-0.15, -0.1) is 0 Å². The van der Waals surface area contributed by atoms with E-state index in [1.165, 1.54) is 12.1 Å². The molecular formula is C12H19FNO2P. The lowest BCUT2D eigenvalue weighted by Gasteiger charge is -2.11. The third-order valence-corrected chi connectivity index (χ3v) is 2.91. The molecule has 0 radical (unpaired) electrons. The molecule has 0 bridgehead atoms. The van der Waals surface area contributed by atoms with Crippen molar-refractivity contribution in [2.24, 2.45) is 0 Å². The topological polar surface area (TPSA) is 41.5 Å². The molecule has 1 atom stereocenters. The number of aryl methyl sites for hydroxylation is 1. The van der Waals surface area contributed by atoms with Crippen LogP contribution in [0.4, 0.5) is 4.39 Å². The Hall–Kier alpha value is -0.700. The van der Waals surface area contributed by atoms with Crippen molar-refractivity contribution in [3.63, 3.8) is 0 Å². The minimum Gasteiger partial charge on any atom is -0.491 e. The van der Waals surface area contributed by atoms with E-state index in [1.807, 2.05) is 0 Å². The summed E-state index contributed by atoms with van der Waals surface area (Å²) >= 11 is 0. The van der Waals surface area contributed by atoms with Gasteiger partial charge in [-0.3, -0.25) is 5.09 Å². The van der Waals surface area contributed by atoms with Gasteiger partial charge in [0.1, 0.15) is 18.2 Å². The van der Waals surface area contributed by atoms with Crippen molar-refractivity contribution in [1.82, 2.24) is 5.09 Å². The van der Waals surface area contributed by atoms with Gasteiger partial charge in [0.25, 0.3) is 0 Å². The van der Waals surface area contributed by atoms with Crippen molar-refractivity contribution in [2.45, 2.75) is 12.8 Å². The van der Waals surface area contributed by atoms with E-state index in [4.69, 9.17) is 9.84 Å². The quantitative estimate of drug-likeness (QED) is 0.554. The monoisotopic (exact) mass is 259 g/mol. The van der Waals surface area contributed by atoms with Gasteiger partial charge in [-0.1, -0.05) is 14.8 Å². The summed E-state index contributed by atoms with van der Waals surface area (Å²) in [7, 11) is 0.747. The first-order valence-electron chi connectivity index (χ1n) is 5.69. The second-order valence-corrected chi connectivity index (χ2v) is 4.46. The van der Waals surface area contributed by atoms with E-state index in [-0.39, 0.29) is 19.0 Å². The molecule has 0 saturated carbocycles. The number of ether oxygens (including phenoxy) is 1. The second-order valence-electron chi connectivity index (χ2n) is 3.60. The molecule has 1 aromatic carbocycles. The number of rotatable bonds is 8. The molecule has 2 N–H and O–H groups in total. The van der Waals surface area contributed by atoms with Crippen LogP contribution in [-0.4, -0.2) is 31.5 Å². The zero-order chi connectivity index (χ0) is 12.5. The Bertz CT molecular complexity index is 336. The van der Waals surface area contributed by atoms with E-state index in [0.29, 0.717) is 5.75 Å². The molecule has 96 valence electrons. The summed E-state index contributed by atoms with van der Waals surface area (Å²) < 4.78 is 18.4. The second kappa shape index (κ2) is 8.40. The normalized spacial score (nSPS) is 11.2. The van der Waals surface area contributed by atoms with Crippen LogP contribution in [-0.2, 0) is 6.42 Å². The van der Waals surface area contributed by atoms with Crippen molar-refractivity contribution in [1.29, 1.82) is 0 Å².